The van der Waals surface area contributed by atoms with Crippen molar-refractivity contribution in [3.8, 4) is 5.75 Å². The van der Waals surface area contributed by atoms with E-state index in [-0.39, 0.29) is 6.04 Å². The Morgan fingerprint density at radius 3 is 2.47 bits per heavy atom. The van der Waals surface area contributed by atoms with Crippen LogP contribution < -0.4 is 10.5 Å². The molecule has 0 saturated carbocycles. The maximum absolute atomic E-state index is 6.11. The molecule has 2 heteroatoms. The minimum Gasteiger partial charge on any atom is -0.493 e. The fourth-order valence-corrected chi connectivity index (χ4v) is 2.08. The maximum Gasteiger partial charge on any atom is 0.122 e. The molecule has 2 N–H and O–H groups in total. The van der Waals surface area contributed by atoms with Crippen molar-refractivity contribution in [2.45, 2.75) is 65.3 Å². The molecule has 19 heavy (non-hydrogen) atoms. The summed E-state index contributed by atoms with van der Waals surface area (Å²) in [6.07, 6.45) is 4.10. The standard InChI is InChI=1S/C17H29NO/c1-5-10-19-17-9-8-14(13(4)6-2)11-15(17)12-16(18)7-3/h8-9,11,13,16H,5-7,10,12,18H2,1-4H3. The van der Waals surface area contributed by atoms with E-state index in [4.69, 9.17) is 10.5 Å². The molecule has 0 radical (unpaired) electrons. The van der Waals surface area contributed by atoms with Crippen molar-refractivity contribution in [3.63, 3.8) is 0 Å². The number of rotatable bonds is 8. The highest BCUT2D eigenvalue weighted by Gasteiger charge is 2.11. The van der Waals surface area contributed by atoms with Gasteiger partial charge in [0.25, 0.3) is 0 Å². The third-order valence-electron chi connectivity index (χ3n) is 3.73. The molecule has 2 atom stereocenters. The lowest BCUT2D eigenvalue weighted by atomic mass is 9.94. The summed E-state index contributed by atoms with van der Waals surface area (Å²) in [5.41, 5.74) is 8.76. The number of benzene rings is 1. The number of nitrogens with two attached hydrogens (primary N) is 1. The Bertz CT molecular complexity index is 376. The van der Waals surface area contributed by atoms with Crippen LogP contribution in [0.2, 0.25) is 0 Å². The average molecular weight is 263 g/mol. The van der Waals surface area contributed by atoms with E-state index in [0.29, 0.717) is 5.92 Å². The monoisotopic (exact) mass is 263 g/mol. The van der Waals surface area contributed by atoms with Gasteiger partial charge in [0.2, 0.25) is 0 Å². The Hall–Kier alpha value is -1.02. The molecule has 108 valence electrons. The van der Waals surface area contributed by atoms with Gasteiger partial charge >= 0.3 is 0 Å². The van der Waals surface area contributed by atoms with Crippen molar-refractivity contribution in [3.05, 3.63) is 29.3 Å². The molecule has 0 heterocycles. The highest BCUT2D eigenvalue weighted by atomic mass is 16.5. The van der Waals surface area contributed by atoms with Crippen LogP contribution in [0.1, 0.15) is 64.0 Å². The van der Waals surface area contributed by atoms with E-state index in [1.807, 2.05) is 0 Å². The highest BCUT2D eigenvalue weighted by molar-refractivity contribution is 5.39. The second kappa shape index (κ2) is 8.21. The zero-order chi connectivity index (χ0) is 14.3. The molecule has 0 aliphatic carbocycles. The molecule has 1 rings (SSSR count). The third kappa shape index (κ3) is 4.87. The first-order chi connectivity index (χ1) is 9.12. The lowest BCUT2D eigenvalue weighted by Gasteiger charge is -2.17. The van der Waals surface area contributed by atoms with Crippen molar-refractivity contribution >= 4 is 0 Å². The van der Waals surface area contributed by atoms with Crippen LogP contribution in [0.25, 0.3) is 0 Å². The van der Waals surface area contributed by atoms with Gasteiger partial charge in [0.1, 0.15) is 5.75 Å². The van der Waals surface area contributed by atoms with Crippen LogP contribution in [0, 0.1) is 0 Å². The van der Waals surface area contributed by atoms with Crippen LogP contribution in [0.15, 0.2) is 18.2 Å². The quantitative estimate of drug-likeness (QED) is 0.760. The molecule has 0 spiro atoms. The molecular weight excluding hydrogens is 234 g/mol. The molecule has 0 aliphatic heterocycles. The van der Waals surface area contributed by atoms with E-state index in [9.17, 15) is 0 Å². The Morgan fingerprint density at radius 1 is 1.16 bits per heavy atom. The molecule has 0 saturated heterocycles. The number of hydrogen-bond donors (Lipinski definition) is 1. The van der Waals surface area contributed by atoms with Gasteiger partial charge in [-0.1, -0.05) is 39.8 Å². The van der Waals surface area contributed by atoms with Crippen molar-refractivity contribution < 1.29 is 4.74 Å². The van der Waals surface area contributed by atoms with E-state index in [1.54, 1.807) is 0 Å². The van der Waals surface area contributed by atoms with E-state index in [1.165, 1.54) is 11.1 Å². The summed E-state index contributed by atoms with van der Waals surface area (Å²) in [7, 11) is 0. The van der Waals surface area contributed by atoms with Crippen LogP contribution in [0.5, 0.6) is 5.75 Å². The zero-order valence-electron chi connectivity index (χ0n) is 12.9. The van der Waals surface area contributed by atoms with Gasteiger partial charge in [0, 0.05) is 6.04 Å². The molecule has 0 fully saturated rings. The smallest absolute Gasteiger partial charge is 0.122 e. The van der Waals surface area contributed by atoms with Gasteiger partial charge in [-0.15, -0.1) is 0 Å². The Kier molecular flexibility index (Phi) is 6.93. The maximum atomic E-state index is 6.11. The summed E-state index contributed by atoms with van der Waals surface area (Å²) in [6, 6.07) is 6.82. The Morgan fingerprint density at radius 2 is 1.89 bits per heavy atom. The van der Waals surface area contributed by atoms with Crippen LogP contribution in [0.4, 0.5) is 0 Å². The average Bonchev–Trinajstić information content (AvgIpc) is 2.44. The van der Waals surface area contributed by atoms with E-state index >= 15 is 0 Å². The summed E-state index contributed by atoms with van der Waals surface area (Å²) in [5.74, 6) is 1.61. The Labute approximate surface area is 118 Å². The van der Waals surface area contributed by atoms with Gasteiger partial charge in [-0.2, -0.15) is 0 Å². The molecule has 1 aromatic rings. The molecule has 2 unspecified atom stereocenters. The molecule has 2 nitrogen and oxygen atoms in total. The highest BCUT2D eigenvalue weighted by Crippen LogP contribution is 2.27. The Balaban J connectivity index is 2.96. The van der Waals surface area contributed by atoms with E-state index in [2.05, 4.69) is 45.9 Å². The van der Waals surface area contributed by atoms with Crippen LogP contribution in [0.3, 0.4) is 0 Å². The first-order valence-corrected chi connectivity index (χ1v) is 7.63. The summed E-state index contributed by atoms with van der Waals surface area (Å²) >= 11 is 0. The SMILES string of the molecule is CCCOc1ccc(C(C)CC)cc1CC(N)CC. The number of ether oxygens (including phenoxy) is 1. The lowest BCUT2D eigenvalue weighted by Crippen LogP contribution is -2.22. The fourth-order valence-electron chi connectivity index (χ4n) is 2.08. The van der Waals surface area contributed by atoms with E-state index in [0.717, 1.165) is 38.0 Å². The van der Waals surface area contributed by atoms with Gasteiger partial charge in [-0.05, 0) is 48.8 Å². The normalized spacial score (nSPS) is 14.2. The second-order valence-corrected chi connectivity index (χ2v) is 5.40. The van der Waals surface area contributed by atoms with Crippen molar-refractivity contribution in [1.82, 2.24) is 0 Å². The molecule has 1 aromatic carbocycles. The summed E-state index contributed by atoms with van der Waals surface area (Å²) < 4.78 is 5.84. The third-order valence-corrected chi connectivity index (χ3v) is 3.73. The molecule has 0 bridgehead atoms. The minimum atomic E-state index is 0.219. The summed E-state index contributed by atoms with van der Waals surface area (Å²) in [6.45, 7) is 9.53. The largest absolute Gasteiger partial charge is 0.493 e. The molecular formula is C17H29NO. The topological polar surface area (TPSA) is 35.2 Å². The van der Waals surface area contributed by atoms with Gasteiger partial charge in [0.15, 0.2) is 0 Å². The molecule has 0 aromatic heterocycles. The van der Waals surface area contributed by atoms with Crippen LogP contribution >= 0.6 is 0 Å². The lowest BCUT2D eigenvalue weighted by molar-refractivity contribution is 0.313. The second-order valence-electron chi connectivity index (χ2n) is 5.40. The van der Waals surface area contributed by atoms with Gasteiger partial charge in [0.05, 0.1) is 6.61 Å². The fraction of sp³-hybridized carbons (Fsp3) is 0.647. The summed E-state index contributed by atoms with van der Waals surface area (Å²) in [4.78, 5) is 0. The van der Waals surface area contributed by atoms with E-state index < -0.39 is 0 Å². The van der Waals surface area contributed by atoms with Crippen LogP contribution in [-0.2, 0) is 6.42 Å². The number of hydrogen-bond acceptors (Lipinski definition) is 2. The van der Waals surface area contributed by atoms with Crippen molar-refractivity contribution in [1.29, 1.82) is 0 Å². The van der Waals surface area contributed by atoms with Crippen molar-refractivity contribution in [2.24, 2.45) is 5.73 Å². The molecule has 0 aliphatic rings. The van der Waals surface area contributed by atoms with Gasteiger partial charge in [-0.3, -0.25) is 0 Å². The molecule has 0 amide bonds. The first kappa shape index (κ1) is 16.0. The first-order valence-electron chi connectivity index (χ1n) is 7.63. The van der Waals surface area contributed by atoms with Gasteiger partial charge < -0.3 is 10.5 Å². The zero-order valence-corrected chi connectivity index (χ0v) is 12.9. The predicted molar refractivity (Wildman–Crippen MR) is 82.9 cm³/mol. The summed E-state index contributed by atoms with van der Waals surface area (Å²) in [5, 5.41) is 0. The van der Waals surface area contributed by atoms with Crippen molar-refractivity contribution in [2.75, 3.05) is 6.61 Å². The van der Waals surface area contributed by atoms with Crippen LogP contribution in [-0.4, -0.2) is 12.6 Å². The minimum absolute atomic E-state index is 0.219. The predicted octanol–water partition coefficient (Wildman–Crippen LogP) is 4.27. The van der Waals surface area contributed by atoms with Gasteiger partial charge in [-0.25, -0.2) is 0 Å².